The minimum atomic E-state index is -0.715. The molecule has 0 saturated carbocycles. The van der Waals surface area contributed by atoms with E-state index in [-0.39, 0.29) is 30.8 Å². The molecule has 2 rings (SSSR count). The Morgan fingerprint density at radius 3 is 2.46 bits per heavy atom. The van der Waals surface area contributed by atoms with Gasteiger partial charge in [0.1, 0.15) is 17.6 Å². The molecular weight excluding hydrogens is 359 g/mol. The molecule has 0 heterocycles. The SMILES string of the molecule is CNC(=O)C(C)N(Cc1ccc(F)cc1)C(=O)COc1ccccc1Cl. The molecule has 1 atom stereocenters. The summed E-state index contributed by atoms with van der Waals surface area (Å²) in [6.45, 7) is 1.50. The molecule has 1 unspecified atom stereocenters. The third-order valence-corrected chi connectivity index (χ3v) is 4.18. The Morgan fingerprint density at radius 2 is 1.85 bits per heavy atom. The van der Waals surface area contributed by atoms with Crippen molar-refractivity contribution in [2.24, 2.45) is 0 Å². The van der Waals surface area contributed by atoms with Gasteiger partial charge < -0.3 is 15.0 Å². The Bertz CT molecular complexity index is 768. The zero-order chi connectivity index (χ0) is 19.1. The summed E-state index contributed by atoms with van der Waals surface area (Å²) in [6.07, 6.45) is 0. The van der Waals surface area contributed by atoms with Gasteiger partial charge in [0.2, 0.25) is 5.91 Å². The number of hydrogen-bond acceptors (Lipinski definition) is 3. The maximum absolute atomic E-state index is 13.1. The van der Waals surface area contributed by atoms with Crippen LogP contribution in [0.5, 0.6) is 5.75 Å². The molecule has 138 valence electrons. The molecule has 0 aliphatic carbocycles. The Kier molecular flexibility index (Phi) is 6.97. The smallest absolute Gasteiger partial charge is 0.261 e. The number of benzene rings is 2. The predicted octanol–water partition coefficient (Wildman–Crippen LogP) is 3.02. The summed E-state index contributed by atoms with van der Waals surface area (Å²) in [5.41, 5.74) is 0.702. The number of para-hydroxylation sites is 1. The Balaban J connectivity index is 2.13. The van der Waals surface area contributed by atoms with Crippen molar-refractivity contribution in [2.45, 2.75) is 19.5 Å². The number of amides is 2. The average Bonchev–Trinajstić information content (AvgIpc) is 2.65. The summed E-state index contributed by atoms with van der Waals surface area (Å²) in [5, 5.41) is 2.92. The lowest BCUT2D eigenvalue weighted by Gasteiger charge is -2.28. The van der Waals surface area contributed by atoms with Crippen molar-refractivity contribution in [1.82, 2.24) is 10.2 Å². The highest BCUT2D eigenvalue weighted by Crippen LogP contribution is 2.23. The van der Waals surface area contributed by atoms with E-state index >= 15 is 0 Å². The van der Waals surface area contributed by atoms with E-state index in [9.17, 15) is 14.0 Å². The van der Waals surface area contributed by atoms with Crippen LogP contribution in [0, 0.1) is 5.82 Å². The van der Waals surface area contributed by atoms with Crippen LogP contribution in [0.3, 0.4) is 0 Å². The normalized spacial score (nSPS) is 11.5. The van der Waals surface area contributed by atoms with E-state index in [2.05, 4.69) is 5.32 Å². The average molecular weight is 379 g/mol. The number of likely N-dealkylation sites (N-methyl/N-ethyl adjacent to an activating group) is 1. The number of rotatable bonds is 7. The first-order chi connectivity index (χ1) is 12.4. The quantitative estimate of drug-likeness (QED) is 0.805. The van der Waals surface area contributed by atoms with Crippen LogP contribution < -0.4 is 10.1 Å². The van der Waals surface area contributed by atoms with E-state index in [0.29, 0.717) is 16.3 Å². The zero-order valence-corrected chi connectivity index (χ0v) is 15.3. The predicted molar refractivity (Wildman–Crippen MR) is 97.4 cm³/mol. The number of hydrogen-bond donors (Lipinski definition) is 1. The second kappa shape index (κ2) is 9.20. The minimum Gasteiger partial charge on any atom is -0.482 e. The number of carbonyl (C=O) groups is 2. The lowest BCUT2D eigenvalue weighted by atomic mass is 10.1. The molecule has 2 aromatic rings. The monoisotopic (exact) mass is 378 g/mol. The number of halogens is 2. The minimum absolute atomic E-state index is 0.152. The van der Waals surface area contributed by atoms with Crippen molar-refractivity contribution >= 4 is 23.4 Å². The fourth-order valence-corrected chi connectivity index (χ4v) is 2.55. The molecule has 26 heavy (non-hydrogen) atoms. The molecule has 1 N–H and O–H groups in total. The van der Waals surface area contributed by atoms with Crippen molar-refractivity contribution in [3.63, 3.8) is 0 Å². The molecule has 0 aromatic heterocycles. The van der Waals surface area contributed by atoms with Gasteiger partial charge >= 0.3 is 0 Å². The highest BCUT2D eigenvalue weighted by Gasteiger charge is 2.26. The molecule has 0 spiro atoms. The fourth-order valence-electron chi connectivity index (χ4n) is 2.36. The molecule has 0 aliphatic heterocycles. The standard InChI is InChI=1S/C19H20ClFN2O3/c1-13(19(25)22-2)23(11-14-7-9-15(21)10-8-14)18(24)12-26-17-6-4-3-5-16(17)20/h3-10,13H,11-12H2,1-2H3,(H,22,25). The zero-order valence-electron chi connectivity index (χ0n) is 14.5. The van der Waals surface area contributed by atoms with Crippen LogP contribution in [0.25, 0.3) is 0 Å². The van der Waals surface area contributed by atoms with E-state index in [0.717, 1.165) is 0 Å². The number of carbonyl (C=O) groups excluding carboxylic acids is 2. The van der Waals surface area contributed by atoms with Crippen LogP contribution in [-0.4, -0.2) is 36.4 Å². The van der Waals surface area contributed by atoms with Crippen LogP contribution >= 0.6 is 11.6 Å². The summed E-state index contributed by atoms with van der Waals surface area (Å²) >= 11 is 6.02. The summed E-state index contributed by atoms with van der Waals surface area (Å²) in [4.78, 5) is 26.0. The maximum atomic E-state index is 13.1. The van der Waals surface area contributed by atoms with E-state index in [1.54, 1.807) is 43.3 Å². The topological polar surface area (TPSA) is 58.6 Å². The van der Waals surface area contributed by atoms with Crippen LogP contribution in [0.4, 0.5) is 4.39 Å². The van der Waals surface area contributed by atoms with E-state index in [1.165, 1.54) is 24.1 Å². The summed E-state index contributed by atoms with van der Waals surface area (Å²) < 4.78 is 18.6. The van der Waals surface area contributed by atoms with Gasteiger partial charge in [0.05, 0.1) is 5.02 Å². The van der Waals surface area contributed by atoms with Gasteiger partial charge in [-0.2, -0.15) is 0 Å². The van der Waals surface area contributed by atoms with Crippen LogP contribution in [0.15, 0.2) is 48.5 Å². The first kappa shape index (κ1) is 19.7. The molecule has 0 saturated heterocycles. The molecule has 0 radical (unpaired) electrons. The van der Waals surface area contributed by atoms with E-state index in [4.69, 9.17) is 16.3 Å². The lowest BCUT2D eigenvalue weighted by molar-refractivity contribution is -0.142. The van der Waals surface area contributed by atoms with Gasteiger partial charge in [-0.1, -0.05) is 35.9 Å². The highest BCUT2D eigenvalue weighted by atomic mass is 35.5. The van der Waals surface area contributed by atoms with Gasteiger partial charge in [-0.25, -0.2) is 4.39 Å². The Morgan fingerprint density at radius 1 is 1.19 bits per heavy atom. The summed E-state index contributed by atoms with van der Waals surface area (Å²) in [6, 6.07) is 11.9. The van der Waals surface area contributed by atoms with Gasteiger partial charge in [0.15, 0.2) is 6.61 Å². The van der Waals surface area contributed by atoms with Gasteiger partial charge in [0.25, 0.3) is 5.91 Å². The number of nitrogens with one attached hydrogen (secondary N) is 1. The van der Waals surface area contributed by atoms with E-state index < -0.39 is 6.04 Å². The Hall–Kier alpha value is -2.60. The fraction of sp³-hybridized carbons (Fsp3) is 0.263. The molecule has 7 heteroatoms. The first-order valence-electron chi connectivity index (χ1n) is 8.05. The van der Waals surface area contributed by atoms with Crippen molar-refractivity contribution in [3.8, 4) is 5.75 Å². The third-order valence-electron chi connectivity index (χ3n) is 3.87. The van der Waals surface area contributed by atoms with E-state index in [1.807, 2.05) is 0 Å². The largest absolute Gasteiger partial charge is 0.482 e. The van der Waals surface area contributed by atoms with Crippen LogP contribution in [0.2, 0.25) is 5.02 Å². The van der Waals surface area contributed by atoms with Gasteiger partial charge in [0, 0.05) is 13.6 Å². The van der Waals surface area contributed by atoms with Gasteiger partial charge in [-0.3, -0.25) is 9.59 Å². The molecule has 5 nitrogen and oxygen atoms in total. The second-order valence-electron chi connectivity index (χ2n) is 5.66. The molecule has 2 aromatic carbocycles. The molecule has 0 bridgehead atoms. The molecule has 0 aliphatic rings. The number of nitrogens with zero attached hydrogens (tertiary/aromatic N) is 1. The maximum Gasteiger partial charge on any atom is 0.261 e. The highest BCUT2D eigenvalue weighted by molar-refractivity contribution is 6.32. The molecule has 2 amide bonds. The third kappa shape index (κ3) is 5.20. The second-order valence-corrected chi connectivity index (χ2v) is 6.06. The van der Waals surface area contributed by atoms with Crippen molar-refractivity contribution < 1.29 is 18.7 Å². The first-order valence-corrected chi connectivity index (χ1v) is 8.43. The molecular formula is C19H20ClFN2O3. The summed E-state index contributed by atoms with van der Waals surface area (Å²) in [5.74, 6) is -0.673. The Labute approximate surface area is 156 Å². The van der Waals surface area contributed by atoms with Crippen molar-refractivity contribution in [2.75, 3.05) is 13.7 Å². The van der Waals surface area contributed by atoms with Gasteiger partial charge in [-0.15, -0.1) is 0 Å². The lowest BCUT2D eigenvalue weighted by Crippen LogP contribution is -2.48. The van der Waals surface area contributed by atoms with Crippen molar-refractivity contribution in [1.29, 1.82) is 0 Å². The van der Waals surface area contributed by atoms with Crippen LogP contribution in [0.1, 0.15) is 12.5 Å². The summed E-state index contributed by atoms with van der Waals surface area (Å²) in [7, 11) is 1.50. The number of ether oxygens (including phenoxy) is 1. The van der Waals surface area contributed by atoms with Crippen LogP contribution in [-0.2, 0) is 16.1 Å². The van der Waals surface area contributed by atoms with Gasteiger partial charge in [-0.05, 0) is 36.8 Å². The van der Waals surface area contributed by atoms with Crippen molar-refractivity contribution in [3.05, 3.63) is 64.9 Å². The molecule has 0 fully saturated rings.